The molecule has 2 aromatic rings. The number of nitrogens with one attached hydrogen (secondary N) is 1. The van der Waals surface area contributed by atoms with E-state index in [4.69, 9.17) is 0 Å². The fourth-order valence-electron chi connectivity index (χ4n) is 2.70. The molecule has 1 nitrogen and oxygen atoms in total. The van der Waals surface area contributed by atoms with Gasteiger partial charge >= 0.3 is 6.18 Å². The summed E-state index contributed by atoms with van der Waals surface area (Å²) in [5, 5.41) is 3.31. The van der Waals surface area contributed by atoms with Crippen LogP contribution in [0.25, 0.3) is 0 Å². The molecule has 0 fully saturated rings. The number of hydrogen-bond acceptors (Lipinski definition) is 1. The molecule has 0 aromatic heterocycles. The van der Waals surface area contributed by atoms with E-state index >= 15 is 0 Å². The van der Waals surface area contributed by atoms with Crippen LogP contribution in [0.15, 0.2) is 48.5 Å². The van der Waals surface area contributed by atoms with Crippen LogP contribution >= 0.6 is 12.4 Å². The highest BCUT2D eigenvalue weighted by molar-refractivity contribution is 5.85. The SMILES string of the molecule is Cl.FC(F)(F)c1ccc(C2CNCc3ccccc32)cc1. The number of halogens is 4. The maximum atomic E-state index is 12.6. The van der Waals surface area contributed by atoms with Gasteiger partial charge in [0.2, 0.25) is 0 Å². The molecule has 3 rings (SSSR count). The molecule has 0 radical (unpaired) electrons. The average molecular weight is 314 g/mol. The van der Waals surface area contributed by atoms with Crippen molar-refractivity contribution in [2.45, 2.75) is 18.6 Å². The van der Waals surface area contributed by atoms with Crippen LogP contribution in [0.1, 0.15) is 28.2 Å². The molecule has 1 atom stereocenters. The van der Waals surface area contributed by atoms with Crippen molar-refractivity contribution in [2.24, 2.45) is 0 Å². The Morgan fingerprint density at radius 2 is 1.62 bits per heavy atom. The van der Waals surface area contributed by atoms with Crippen molar-refractivity contribution in [2.75, 3.05) is 6.54 Å². The van der Waals surface area contributed by atoms with Crippen molar-refractivity contribution in [3.8, 4) is 0 Å². The van der Waals surface area contributed by atoms with E-state index in [2.05, 4.69) is 17.4 Å². The van der Waals surface area contributed by atoms with Crippen molar-refractivity contribution in [3.63, 3.8) is 0 Å². The molecule has 2 aromatic carbocycles. The van der Waals surface area contributed by atoms with E-state index in [1.54, 1.807) is 12.1 Å². The third-order valence-electron chi connectivity index (χ3n) is 3.73. The van der Waals surface area contributed by atoms with Gasteiger partial charge in [0.05, 0.1) is 5.56 Å². The molecule has 1 N–H and O–H groups in total. The van der Waals surface area contributed by atoms with E-state index in [9.17, 15) is 13.2 Å². The molecule has 0 aliphatic carbocycles. The smallest absolute Gasteiger partial charge is 0.312 e. The highest BCUT2D eigenvalue weighted by atomic mass is 35.5. The maximum absolute atomic E-state index is 12.6. The van der Waals surface area contributed by atoms with Crippen molar-refractivity contribution in [1.82, 2.24) is 5.32 Å². The molecule has 5 heteroatoms. The molecule has 1 unspecified atom stereocenters. The van der Waals surface area contributed by atoms with E-state index in [0.29, 0.717) is 0 Å². The summed E-state index contributed by atoms with van der Waals surface area (Å²) in [5.41, 5.74) is 2.73. The Morgan fingerprint density at radius 1 is 0.952 bits per heavy atom. The van der Waals surface area contributed by atoms with Crippen LogP contribution < -0.4 is 5.32 Å². The van der Waals surface area contributed by atoms with Gasteiger partial charge in [-0.05, 0) is 28.8 Å². The van der Waals surface area contributed by atoms with Crippen LogP contribution in [-0.2, 0) is 12.7 Å². The Labute approximate surface area is 127 Å². The first-order chi connectivity index (χ1) is 9.55. The Morgan fingerprint density at radius 3 is 2.29 bits per heavy atom. The van der Waals surface area contributed by atoms with Gasteiger partial charge in [-0.25, -0.2) is 0 Å². The van der Waals surface area contributed by atoms with Gasteiger partial charge in [0.15, 0.2) is 0 Å². The van der Waals surface area contributed by atoms with Gasteiger partial charge in [-0.2, -0.15) is 13.2 Å². The lowest BCUT2D eigenvalue weighted by Gasteiger charge is -2.27. The van der Waals surface area contributed by atoms with Crippen LogP contribution in [0.2, 0.25) is 0 Å². The van der Waals surface area contributed by atoms with Crippen LogP contribution in [0.5, 0.6) is 0 Å². The molecule has 112 valence electrons. The van der Waals surface area contributed by atoms with Gasteiger partial charge in [0.1, 0.15) is 0 Å². The zero-order valence-corrected chi connectivity index (χ0v) is 12.0. The standard InChI is InChI=1S/C16H14F3N.ClH/c17-16(18,19)13-7-5-11(6-8-13)15-10-20-9-12-3-1-2-4-14(12)15;/h1-8,15,20H,9-10H2;1H. The minimum absolute atomic E-state index is 0. The molecule has 0 bridgehead atoms. The highest BCUT2D eigenvalue weighted by Crippen LogP contribution is 2.33. The molecule has 0 saturated carbocycles. The zero-order valence-electron chi connectivity index (χ0n) is 11.2. The fraction of sp³-hybridized carbons (Fsp3) is 0.250. The number of alkyl halides is 3. The minimum Gasteiger partial charge on any atom is -0.312 e. The lowest BCUT2D eigenvalue weighted by atomic mass is 9.85. The highest BCUT2D eigenvalue weighted by Gasteiger charge is 2.30. The Kier molecular flexibility index (Phi) is 4.59. The second-order valence-electron chi connectivity index (χ2n) is 5.00. The monoisotopic (exact) mass is 313 g/mol. The molecule has 1 heterocycles. The predicted molar refractivity (Wildman–Crippen MR) is 78.7 cm³/mol. The van der Waals surface area contributed by atoms with Gasteiger partial charge in [-0.3, -0.25) is 0 Å². The van der Waals surface area contributed by atoms with Crippen LogP contribution in [0.3, 0.4) is 0 Å². The predicted octanol–water partition coefficient (Wildman–Crippen LogP) is 4.36. The first kappa shape index (κ1) is 15.9. The lowest BCUT2D eigenvalue weighted by molar-refractivity contribution is -0.137. The number of rotatable bonds is 1. The summed E-state index contributed by atoms with van der Waals surface area (Å²) in [4.78, 5) is 0. The summed E-state index contributed by atoms with van der Waals surface area (Å²) in [5.74, 6) is 0.113. The third-order valence-corrected chi connectivity index (χ3v) is 3.73. The van der Waals surface area contributed by atoms with E-state index in [1.165, 1.54) is 11.1 Å². The number of hydrogen-bond donors (Lipinski definition) is 1. The van der Waals surface area contributed by atoms with E-state index < -0.39 is 11.7 Å². The zero-order chi connectivity index (χ0) is 14.2. The molecule has 1 aliphatic heterocycles. The summed E-state index contributed by atoms with van der Waals surface area (Å²) in [6.45, 7) is 1.57. The topological polar surface area (TPSA) is 12.0 Å². The van der Waals surface area contributed by atoms with Gasteiger partial charge < -0.3 is 5.32 Å². The molecule has 21 heavy (non-hydrogen) atoms. The van der Waals surface area contributed by atoms with Gasteiger partial charge in [-0.15, -0.1) is 12.4 Å². The molecular weight excluding hydrogens is 299 g/mol. The van der Waals surface area contributed by atoms with E-state index in [0.717, 1.165) is 30.8 Å². The van der Waals surface area contributed by atoms with Gasteiger partial charge in [-0.1, -0.05) is 36.4 Å². The summed E-state index contributed by atoms with van der Waals surface area (Å²) in [7, 11) is 0. The number of benzene rings is 2. The van der Waals surface area contributed by atoms with E-state index in [1.807, 2.05) is 12.1 Å². The number of fused-ring (bicyclic) bond motifs is 1. The van der Waals surface area contributed by atoms with Crippen molar-refractivity contribution >= 4 is 12.4 Å². The van der Waals surface area contributed by atoms with Crippen molar-refractivity contribution in [3.05, 3.63) is 70.8 Å². The summed E-state index contributed by atoms with van der Waals surface area (Å²) in [6.07, 6.45) is -4.28. The minimum atomic E-state index is -4.28. The molecule has 0 saturated heterocycles. The Balaban J connectivity index is 0.00000161. The summed E-state index contributed by atoms with van der Waals surface area (Å²) in [6, 6.07) is 13.5. The van der Waals surface area contributed by atoms with Crippen LogP contribution in [-0.4, -0.2) is 6.54 Å². The molecular formula is C16H15ClF3N. The molecule has 0 spiro atoms. The second-order valence-corrected chi connectivity index (χ2v) is 5.00. The molecule has 0 amide bonds. The van der Waals surface area contributed by atoms with Crippen LogP contribution in [0, 0.1) is 0 Å². The first-order valence-corrected chi connectivity index (χ1v) is 6.51. The van der Waals surface area contributed by atoms with E-state index in [-0.39, 0.29) is 18.3 Å². The summed E-state index contributed by atoms with van der Waals surface area (Å²) < 4.78 is 37.8. The Hall–Kier alpha value is -1.52. The van der Waals surface area contributed by atoms with Crippen molar-refractivity contribution < 1.29 is 13.2 Å². The van der Waals surface area contributed by atoms with Gasteiger partial charge in [0, 0.05) is 19.0 Å². The third kappa shape index (κ3) is 3.22. The first-order valence-electron chi connectivity index (χ1n) is 6.51. The van der Waals surface area contributed by atoms with Crippen LogP contribution in [0.4, 0.5) is 13.2 Å². The maximum Gasteiger partial charge on any atom is 0.416 e. The van der Waals surface area contributed by atoms with Crippen molar-refractivity contribution in [1.29, 1.82) is 0 Å². The summed E-state index contributed by atoms with van der Waals surface area (Å²) >= 11 is 0. The normalized spacial score (nSPS) is 17.8. The van der Waals surface area contributed by atoms with Gasteiger partial charge in [0.25, 0.3) is 0 Å². The quantitative estimate of drug-likeness (QED) is 0.824. The fourth-order valence-corrected chi connectivity index (χ4v) is 2.70. The second kappa shape index (κ2) is 6.08. The lowest BCUT2D eigenvalue weighted by Crippen LogP contribution is -2.28. The largest absolute Gasteiger partial charge is 0.416 e. The Bertz CT molecular complexity index is 608. The molecule has 1 aliphatic rings. The average Bonchev–Trinajstić information content (AvgIpc) is 2.46.